The molecule has 7 heteroatoms. The van der Waals surface area contributed by atoms with Crippen LogP contribution in [0.15, 0.2) is 54.6 Å². The zero-order valence-electron chi connectivity index (χ0n) is 16.7. The quantitative estimate of drug-likeness (QED) is 0.336. The number of anilines is 1. The summed E-state index contributed by atoms with van der Waals surface area (Å²) in [6.07, 6.45) is 8.02. The number of para-hydroxylation sites is 1. The Morgan fingerprint density at radius 2 is 1.93 bits per heavy atom. The van der Waals surface area contributed by atoms with E-state index >= 15 is 0 Å². The number of carbonyl (C=O) groups excluding carboxylic acids is 1. The van der Waals surface area contributed by atoms with Crippen molar-refractivity contribution in [1.29, 1.82) is 0 Å². The Balaban J connectivity index is 1.72. The first kappa shape index (κ1) is 20.4. The first-order valence-corrected chi connectivity index (χ1v) is 9.71. The first-order valence-electron chi connectivity index (χ1n) is 9.71. The summed E-state index contributed by atoms with van der Waals surface area (Å²) in [5.41, 5.74) is 3.49. The molecule has 0 unspecified atom stereocenters. The van der Waals surface area contributed by atoms with Gasteiger partial charge in [0.2, 0.25) is 0 Å². The number of carbonyl (C=O) groups is 1. The summed E-state index contributed by atoms with van der Waals surface area (Å²) in [6.45, 7) is 2.20. The largest absolute Gasteiger partial charge is 0.274 e. The van der Waals surface area contributed by atoms with Crippen molar-refractivity contribution in [2.75, 3.05) is 12.2 Å². The van der Waals surface area contributed by atoms with E-state index in [2.05, 4.69) is 39.7 Å². The fourth-order valence-electron chi connectivity index (χ4n) is 3.04. The van der Waals surface area contributed by atoms with E-state index in [0.717, 1.165) is 12.0 Å². The minimum atomic E-state index is -0.306. The highest BCUT2D eigenvalue weighted by molar-refractivity contribution is 6.04. The normalized spacial score (nSPS) is 11.1. The van der Waals surface area contributed by atoms with Crippen LogP contribution in [0.3, 0.4) is 0 Å². The molecule has 1 N–H and O–H groups in total. The van der Waals surface area contributed by atoms with Gasteiger partial charge in [0.05, 0.1) is 12.8 Å². The van der Waals surface area contributed by atoms with E-state index in [1.807, 2.05) is 30.3 Å². The number of rotatable bonds is 9. The van der Waals surface area contributed by atoms with Gasteiger partial charge in [-0.1, -0.05) is 56.2 Å². The molecule has 3 aromatic rings. The Morgan fingerprint density at radius 3 is 2.62 bits per heavy atom. The summed E-state index contributed by atoms with van der Waals surface area (Å²) in [6, 6.07) is 15.5. The second kappa shape index (κ2) is 10.3. The van der Waals surface area contributed by atoms with E-state index in [0.29, 0.717) is 17.1 Å². The number of hydroxylamine groups is 1. The Kier molecular flexibility index (Phi) is 7.24. The van der Waals surface area contributed by atoms with Crippen LogP contribution < -0.4 is 5.06 Å². The molecular formula is C22H25N5O2. The minimum Gasteiger partial charge on any atom is -0.269 e. The van der Waals surface area contributed by atoms with Gasteiger partial charge in [-0.15, -0.1) is 5.10 Å². The van der Waals surface area contributed by atoms with Gasteiger partial charge in [0.15, 0.2) is 5.82 Å². The van der Waals surface area contributed by atoms with Gasteiger partial charge in [-0.2, -0.15) is 5.06 Å². The van der Waals surface area contributed by atoms with Gasteiger partial charge in [0, 0.05) is 11.6 Å². The van der Waals surface area contributed by atoms with Gasteiger partial charge in [0.25, 0.3) is 5.91 Å². The van der Waals surface area contributed by atoms with Crippen LogP contribution in [0.1, 0.15) is 37.3 Å². The van der Waals surface area contributed by atoms with Crippen molar-refractivity contribution in [3.05, 3.63) is 65.7 Å². The molecule has 1 aromatic heterocycles. The fraction of sp³-hybridized carbons (Fsp3) is 0.273. The summed E-state index contributed by atoms with van der Waals surface area (Å²) < 4.78 is 0. The van der Waals surface area contributed by atoms with E-state index in [1.165, 1.54) is 43.1 Å². The number of H-pyrrole nitrogens is 1. The lowest BCUT2D eigenvalue weighted by Crippen LogP contribution is -2.28. The smallest absolute Gasteiger partial charge is 0.269 e. The third-order valence-electron chi connectivity index (χ3n) is 4.57. The number of aromatic amines is 1. The fourth-order valence-corrected chi connectivity index (χ4v) is 3.04. The maximum atomic E-state index is 12.8. The van der Waals surface area contributed by atoms with Crippen molar-refractivity contribution in [2.45, 2.75) is 32.6 Å². The van der Waals surface area contributed by atoms with Crippen molar-refractivity contribution in [3.8, 4) is 11.4 Å². The molecule has 2 aromatic carbocycles. The Morgan fingerprint density at radius 1 is 1.14 bits per heavy atom. The molecular weight excluding hydrogens is 366 g/mol. The molecule has 0 saturated carbocycles. The third-order valence-corrected chi connectivity index (χ3v) is 4.57. The van der Waals surface area contributed by atoms with E-state index in [1.54, 1.807) is 12.1 Å². The molecule has 0 aliphatic heterocycles. The molecule has 0 aliphatic carbocycles. The van der Waals surface area contributed by atoms with Crippen molar-refractivity contribution >= 4 is 17.7 Å². The van der Waals surface area contributed by atoms with Gasteiger partial charge >= 0.3 is 0 Å². The predicted octanol–water partition coefficient (Wildman–Crippen LogP) is 4.21. The number of unbranched alkanes of at least 4 members (excludes halogenated alkanes) is 2. The van der Waals surface area contributed by atoms with Crippen molar-refractivity contribution < 1.29 is 9.63 Å². The van der Waals surface area contributed by atoms with E-state index < -0.39 is 0 Å². The van der Waals surface area contributed by atoms with Crippen LogP contribution >= 0.6 is 0 Å². The third kappa shape index (κ3) is 5.36. The highest BCUT2D eigenvalue weighted by Crippen LogP contribution is 2.28. The molecule has 1 amide bonds. The van der Waals surface area contributed by atoms with Crippen molar-refractivity contribution in [3.63, 3.8) is 0 Å². The monoisotopic (exact) mass is 391 g/mol. The molecule has 150 valence electrons. The molecule has 7 nitrogen and oxygen atoms in total. The highest BCUT2D eigenvalue weighted by Gasteiger charge is 2.19. The number of tetrazole rings is 1. The number of aryl methyl sites for hydroxylation is 1. The van der Waals surface area contributed by atoms with Crippen LogP contribution in [-0.4, -0.2) is 33.6 Å². The predicted molar refractivity (Wildman–Crippen MR) is 113 cm³/mol. The number of hydrogen-bond donors (Lipinski definition) is 1. The van der Waals surface area contributed by atoms with E-state index in [-0.39, 0.29) is 5.91 Å². The summed E-state index contributed by atoms with van der Waals surface area (Å²) in [5.74, 6) is 0.150. The van der Waals surface area contributed by atoms with Crippen LogP contribution in [-0.2, 0) is 16.1 Å². The first-order chi connectivity index (χ1) is 14.2. The second-order valence-electron chi connectivity index (χ2n) is 6.61. The molecule has 29 heavy (non-hydrogen) atoms. The summed E-state index contributed by atoms with van der Waals surface area (Å²) in [4.78, 5) is 18.1. The van der Waals surface area contributed by atoms with Crippen LogP contribution in [0, 0.1) is 0 Å². The molecule has 0 bridgehead atoms. The minimum absolute atomic E-state index is 0.306. The van der Waals surface area contributed by atoms with Crippen LogP contribution in [0.2, 0.25) is 0 Å². The van der Waals surface area contributed by atoms with Crippen molar-refractivity contribution in [1.82, 2.24) is 20.6 Å². The Labute approximate surface area is 170 Å². The standard InChI is InChI=1S/C22H25N5O2/c1-3-4-5-8-17-11-13-18(14-12-17)15-16-21(28)27(29-2)20-10-7-6-9-19(20)22-23-25-26-24-22/h6-7,9-16H,3-5,8H2,1-2H3,(H,23,24,25,26)/b16-15+. The molecule has 0 aliphatic rings. The number of aromatic nitrogens is 4. The van der Waals surface area contributed by atoms with Crippen LogP contribution in [0.5, 0.6) is 0 Å². The van der Waals surface area contributed by atoms with Gasteiger partial charge in [0.1, 0.15) is 0 Å². The van der Waals surface area contributed by atoms with Gasteiger partial charge in [-0.3, -0.25) is 9.63 Å². The van der Waals surface area contributed by atoms with Gasteiger partial charge < -0.3 is 0 Å². The summed E-state index contributed by atoms with van der Waals surface area (Å²) >= 11 is 0. The SMILES string of the molecule is CCCCCc1ccc(/C=C/C(=O)N(OC)c2ccccc2-c2nnn[nH]2)cc1. The molecule has 1 heterocycles. The summed E-state index contributed by atoms with van der Waals surface area (Å²) in [5, 5.41) is 15.0. The molecule has 0 radical (unpaired) electrons. The lowest BCUT2D eigenvalue weighted by Gasteiger charge is -2.20. The van der Waals surface area contributed by atoms with Crippen molar-refractivity contribution in [2.24, 2.45) is 0 Å². The molecule has 3 rings (SSSR count). The lowest BCUT2D eigenvalue weighted by molar-refractivity contribution is -0.120. The van der Waals surface area contributed by atoms with Gasteiger partial charge in [-0.25, -0.2) is 5.10 Å². The average Bonchev–Trinajstić information content (AvgIpc) is 3.29. The van der Waals surface area contributed by atoms with Crippen LogP contribution in [0.4, 0.5) is 5.69 Å². The molecule has 0 atom stereocenters. The highest BCUT2D eigenvalue weighted by atomic mass is 16.7. The van der Waals surface area contributed by atoms with E-state index in [9.17, 15) is 4.79 Å². The molecule has 0 fully saturated rings. The molecule has 0 saturated heterocycles. The zero-order valence-corrected chi connectivity index (χ0v) is 16.7. The molecule has 0 spiro atoms. The number of benzene rings is 2. The van der Waals surface area contributed by atoms with Crippen LogP contribution in [0.25, 0.3) is 17.5 Å². The Hall–Kier alpha value is -3.32. The number of hydrogen-bond acceptors (Lipinski definition) is 5. The summed E-state index contributed by atoms with van der Waals surface area (Å²) in [7, 11) is 1.45. The number of nitrogens with one attached hydrogen (secondary N) is 1. The zero-order chi connectivity index (χ0) is 20.5. The topological polar surface area (TPSA) is 84.0 Å². The maximum absolute atomic E-state index is 12.8. The lowest BCUT2D eigenvalue weighted by atomic mass is 10.1. The average molecular weight is 391 g/mol. The maximum Gasteiger partial charge on any atom is 0.274 e. The van der Waals surface area contributed by atoms with Gasteiger partial charge in [-0.05, 0) is 52.6 Å². The second-order valence-corrected chi connectivity index (χ2v) is 6.61. The number of nitrogens with zero attached hydrogens (tertiary/aromatic N) is 4. The number of amides is 1. The Bertz CT molecular complexity index is 936. The van der Waals surface area contributed by atoms with E-state index in [4.69, 9.17) is 4.84 Å².